The summed E-state index contributed by atoms with van der Waals surface area (Å²) in [5.74, 6) is -1.70. The van der Waals surface area contributed by atoms with E-state index in [1.54, 1.807) is 39.0 Å². The number of piperidine rings is 1. The van der Waals surface area contributed by atoms with Crippen molar-refractivity contribution in [2.75, 3.05) is 6.54 Å². The molecule has 0 radical (unpaired) electrons. The molecule has 1 aliphatic heterocycles. The van der Waals surface area contributed by atoms with Gasteiger partial charge in [0.1, 0.15) is 11.5 Å². The van der Waals surface area contributed by atoms with Crippen LogP contribution in [0.1, 0.15) is 44.5 Å². The molecule has 5 nitrogen and oxygen atoms in total. The lowest BCUT2D eigenvalue weighted by Crippen LogP contribution is -2.51. The van der Waals surface area contributed by atoms with Crippen LogP contribution in [0.15, 0.2) is 24.3 Å². The average Bonchev–Trinajstić information content (AvgIpc) is 2.46. The molecule has 0 aliphatic carbocycles. The van der Waals surface area contributed by atoms with E-state index in [1.807, 2.05) is 6.92 Å². The van der Waals surface area contributed by atoms with Crippen LogP contribution in [0.4, 0.5) is 4.79 Å². The highest BCUT2D eigenvalue weighted by Gasteiger charge is 2.41. The van der Waals surface area contributed by atoms with Gasteiger partial charge in [0.2, 0.25) is 5.91 Å². The Balaban J connectivity index is 2.23. The molecule has 2 rings (SSSR count). The summed E-state index contributed by atoms with van der Waals surface area (Å²) in [5.41, 5.74) is -0.330. The molecule has 0 bridgehead atoms. The van der Waals surface area contributed by atoms with E-state index in [-0.39, 0.29) is 18.2 Å². The summed E-state index contributed by atoms with van der Waals surface area (Å²) in [6.07, 6.45) is -0.299. The molecule has 0 spiro atoms. The lowest BCUT2D eigenvalue weighted by Gasteiger charge is -2.35. The SMILES string of the molecule is CC1CC(C(=O)c2cccc(Cl)c2)C(=O)N(C(=O)OC(C)(C)C)C1. The number of nitrogens with zero attached hydrogens (tertiary/aromatic N) is 1. The molecule has 24 heavy (non-hydrogen) atoms. The zero-order chi connectivity index (χ0) is 18.1. The van der Waals surface area contributed by atoms with Crippen LogP contribution >= 0.6 is 11.6 Å². The number of hydrogen-bond acceptors (Lipinski definition) is 4. The van der Waals surface area contributed by atoms with Gasteiger partial charge in [0.05, 0.1) is 0 Å². The first-order valence-corrected chi connectivity index (χ1v) is 8.30. The Hall–Kier alpha value is -1.88. The number of halogens is 1. The van der Waals surface area contributed by atoms with Gasteiger partial charge in [-0.25, -0.2) is 9.69 Å². The Bertz CT molecular complexity index is 665. The number of ether oxygens (including phenoxy) is 1. The number of amides is 2. The van der Waals surface area contributed by atoms with Gasteiger partial charge in [-0.05, 0) is 45.2 Å². The minimum Gasteiger partial charge on any atom is -0.443 e. The van der Waals surface area contributed by atoms with Crippen molar-refractivity contribution in [1.82, 2.24) is 4.90 Å². The van der Waals surface area contributed by atoms with E-state index in [2.05, 4.69) is 0 Å². The molecule has 1 saturated heterocycles. The number of ketones is 1. The fraction of sp³-hybridized carbons (Fsp3) is 0.500. The van der Waals surface area contributed by atoms with E-state index in [0.717, 1.165) is 4.90 Å². The van der Waals surface area contributed by atoms with Gasteiger partial charge in [-0.15, -0.1) is 0 Å². The van der Waals surface area contributed by atoms with Crippen LogP contribution in [0.3, 0.4) is 0 Å². The maximum Gasteiger partial charge on any atom is 0.417 e. The van der Waals surface area contributed by atoms with Crippen molar-refractivity contribution < 1.29 is 19.1 Å². The molecular formula is C18H22ClNO4. The summed E-state index contributed by atoms with van der Waals surface area (Å²) >= 11 is 5.92. The van der Waals surface area contributed by atoms with Crippen molar-refractivity contribution in [3.05, 3.63) is 34.9 Å². The first-order valence-electron chi connectivity index (χ1n) is 7.92. The minimum absolute atomic E-state index is 0.0170. The number of hydrogen-bond donors (Lipinski definition) is 0. The number of benzene rings is 1. The summed E-state index contributed by atoms with van der Waals surface area (Å²) in [4.78, 5) is 38.7. The second-order valence-electron chi connectivity index (χ2n) is 7.20. The number of likely N-dealkylation sites (tertiary alicyclic amines) is 1. The van der Waals surface area contributed by atoms with E-state index in [4.69, 9.17) is 16.3 Å². The highest BCUT2D eigenvalue weighted by molar-refractivity contribution is 6.31. The Morgan fingerprint density at radius 1 is 1.29 bits per heavy atom. The third-order valence-corrected chi connectivity index (χ3v) is 3.97. The molecule has 2 unspecified atom stereocenters. The molecular weight excluding hydrogens is 330 g/mol. The van der Waals surface area contributed by atoms with E-state index in [0.29, 0.717) is 17.0 Å². The summed E-state index contributed by atoms with van der Waals surface area (Å²) < 4.78 is 5.28. The number of carbonyl (C=O) groups is 3. The minimum atomic E-state index is -0.889. The molecule has 1 fully saturated rings. The van der Waals surface area contributed by atoms with Crippen molar-refractivity contribution in [1.29, 1.82) is 0 Å². The molecule has 1 aromatic rings. The van der Waals surface area contributed by atoms with Crippen LogP contribution in [-0.2, 0) is 9.53 Å². The summed E-state index contributed by atoms with van der Waals surface area (Å²) in [6.45, 7) is 7.36. The van der Waals surface area contributed by atoms with Gasteiger partial charge in [-0.2, -0.15) is 0 Å². The lowest BCUT2D eigenvalue weighted by molar-refractivity contribution is -0.136. The molecule has 0 saturated carbocycles. The molecule has 0 aromatic heterocycles. The fourth-order valence-corrected chi connectivity index (χ4v) is 2.90. The molecule has 1 heterocycles. The summed E-state index contributed by atoms with van der Waals surface area (Å²) in [6, 6.07) is 6.49. The predicted molar refractivity (Wildman–Crippen MR) is 91.0 cm³/mol. The molecule has 6 heteroatoms. The number of carbonyl (C=O) groups excluding carboxylic acids is 3. The van der Waals surface area contributed by atoms with E-state index < -0.39 is 23.5 Å². The monoisotopic (exact) mass is 351 g/mol. The standard InChI is InChI=1S/C18H22ClNO4/c1-11-8-14(15(21)12-6-5-7-13(19)9-12)16(22)20(10-11)17(23)24-18(2,3)4/h5-7,9,11,14H,8,10H2,1-4H3. The largest absolute Gasteiger partial charge is 0.443 e. The molecule has 2 atom stereocenters. The van der Waals surface area contributed by atoms with Crippen LogP contribution < -0.4 is 0 Å². The van der Waals surface area contributed by atoms with Gasteiger partial charge >= 0.3 is 6.09 Å². The molecule has 130 valence electrons. The Morgan fingerprint density at radius 2 is 1.96 bits per heavy atom. The van der Waals surface area contributed by atoms with Gasteiger partial charge < -0.3 is 4.74 Å². The maximum atomic E-state index is 12.7. The molecule has 0 N–H and O–H groups in total. The van der Waals surface area contributed by atoms with Crippen LogP contribution in [0, 0.1) is 11.8 Å². The van der Waals surface area contributed by atoms with Crippen molar-refractivity contribution in [2.45, 2.75) is 39.7 Å². The van der Waals surface area contributed by atoms with Gasteiger partial charge in [-0.3, -0.25) is 9.59 Å². The number of Topliss-reactive ketones (excluding diaryl/α,β-unsaturated/α-hetero) is 1. The zero-order valence-corrected chi connectivity index (χ0v) is 15.1. The lowest BCUT2D eigenvalue weighted by atomic mass is 9.84. The van der Waals surface area contributed by atoms with Crippen molar-refractivity contribution in [3.63, 3.8) is 0 Å². The number of imide groups is 1. The van der Waals surface area contributed by atoms with Crippen molar-refractivity contribution in [3.8, 4) is 0 Å². The van der Waals surface area contributed by atoms with Gasteiger partial charge in [0, 0.05) is 17.1 Å². The fourth-order valence-electron chi connectivity index (χ4n) is 2.71. The highest BCUT2D eigenvalue weighted by atomic mass is 35.5. The second-order valence-corrected chi connectivity index (χ2v) is 7.63. The molecule has 1 aliphatic rings. The van der Waals surface area contributed by atoms with Crippen LogP contribution in [0.2, 0.25) is 5.02 Å². The van der Waals surface area contributed by atoms with Crippen LogP contribution in [-0.4, -0.2) is 34.8 Å². The van der Waals surface area contributed by atoms with E-state index in [9.17, 15) is 14.4 Å². The topological polar surface area (TPSA) is 63.7 Å². The molecule has 2 amide bonds. The maximum absolute atomic E-state index is 12.7. The Labute approximate surface area is 146 Å². The first kappa shape index (κ1) is 18.5. The third kappa shape index (κ3) is 4.35. The van der Waals surface area contributed by atoms with Gasteiger partial charge in [0.25, 0.3) is 0 Å². The average molecular weight is 352 g/mol. The smallest absolute Gasteiger partial charge is 0.417 e. The van der Waals surface area contributed by atoms with E-state index >= 15 is 0 Å². The first-order chi connectivity index (χ1) is 11.1. The molecule has 1 aromatic carbocycles. The third-order valence-electron chi connectivity index (χ3n) is 3.74. The van der Waals surface area contributed by atoms with Crippen molar-refractivity contribution >= 4 is 29.4 Å². The Morgan fingerprint density at radius 3 is 2.54 bits per heavy atom. The predicted octanol–water partition coefficient (Wildman–Crippen LogP) is 3.94. The highest BCUT2D eigenvalue weighted by Crippen LogP contribution is 2.28. The van der Waals surface area contributed by atoms with Crippen molar-refractivity contribution in [2.24, 2.45) is 11.8 Å². The Kier molecular flexibility index (Phi) is 5.33. The summed E-state index contributed by atoms with van der Waals surface area (Å²) in [5, 5.41) is 0.432. The summed E-state index contributed by atoms with van der Waals surface area (Å²) in [7, 11) is 0. The van der Waals surface area contributed by atoms with Crippen LogP contribution in [0.25, 0.3) is 0 Å². The number of rotatable bonds is 2. The quantitative estimate of drug-likeness (QED) is 0.598. The van der Waals surface area contributed by atoms with Gasteiger partial charge in [0.15, 0.2) is 5.78 Å². The zero-order valence-electron chi connectivity index (χ0n) is 14.3. The van der Waals surface area contributed by atoms with Gasteiger partial charge in [-0.1, -0.05) is 30.7 Å². The van der Waals surface area contributed by atoms with Crippen LogP contribution in [0.5, 0.6) is 0 Å². The normalized spacial score (nSPS) is 21.5. The second kappa shape index (κ2) is 6.93. The van der Waals surface area contributed by atoms with E-state index in [1.165, 1.54) is 6.07 Å².